The second-order valence-electron chi connectivity index (χ2n) is 9.41. The maximum Gasteiger partial charge on any atom is 0.307 e. The van der Waals surface area contributed by atoms with Gasteiger partial charge in [0.05, 0.1) is 31.8 Å². The number of hydrogen-bond donors (Lipinski definition) is 2. The lowest BCUT2D eigenvalue weighted by molar-refractivity contribution is -0.136. The lowest BCUT2D eigenvalue weighted by Crippen LogP contribution is -2.29. The zero-order valence-electron chi connectivity index (χ0n) is 21.4. The standard InChI is InChI=1S/C30H29NO7/c1-18(2)17-38-23-13-9-20(10-14-23)28(34)26-27(21-5-4-6-24(16-21)37-3)31(30(36)29(26)35)22-11-7-19(8-12-22)15-25(32)33/h4-14,16,18,27,34H,15,17H2,1-3H3,(H,32,33)/b28-26-. The number of ketones is 1. The highest BCUT2D eigenvalue weighted by atomic mass is 16.5. The maximum atomic E-state index is 13.4. The molecule has 1 atom stereocenters. The van der Waals surface area contributed by atoms with E-state index < -0.39 is 23.7 Å². The summed E-state index contributed by atoms with van der Waals surface area (Å²) in [6.07, 6.45) is -0.171. The van der Waals surface area contributed by atoms with Gasteiger partial charge in [0.1, 0.15) is 17.3 Å². The van der Waals surface area contributed by atoms with Gasteiger partial charge in [0.2, 0.25) is 0 Å². The average Bonchev–Trinajstić information content (AvgIpc) is 3.17. The number of carbonyl (C=O) groups excluding carboxylic acids is 2. The summed E-state index contributed by atoms with van der Waals surface area (Å²) in [6, 6.07) is 19.1. The Balaban J connectivity index is 1.80. The molecule has 0 aromatic heterocycles. The Morgan fingerprint density at radius 1 is 0.947 bits per heavy atom. The number of carboxylic acids is 1. The van der Waals surface area contributed by atoms with E-state index in [4.69, 9.17) is 14.6 Å². The summed E-state index contributed by atoms with van der Waals surface area (Å²) in [5, 5.41) is 20.4. The van der Waals surface area contributed by atoms with Gasteiger partial charge in [0.25, 0.3) is 11.7 Å². The van der Waals surface area contributed by atoms with E-state index in [2.05, 4.69) is 0 Å². The van der Waals surface area contributed by atoms with Gasteiger partial charge in [-0.2, -0.15) is 0 Å². The zero-order valence-corrected chi connectivity index (χ0v) is 21.4. The normalized spacial score (nSPS) is 16.6. The van der Waals surface area contributed by atoms with Gasteiger partial charge in [-0.25, -0.2) is 0 Å². The van der Waals surface area contributed by atoms with E-state index in [1.807, 2.05) is 13.8 Å². The number of Topliss-reactive ketones (excluding diaryl/α,β-unsaturated/α-hetero) is 1. The van der Waals surface area contributed by atoms with E-state index >= 15 is 0 Å². The molecule has 0 saturated carbocycles. The average molecular weight is 516 g/mol. The van der Waals surface area contributed by atoms with Crippen LogP contribution in [0.15, 0.2) is 78.4 Å². The second-order valence-corrected chi connectivity index (χ2v) is 9.41. The van der Waals surface area contributed by atoms with Gasteiger partial charge in [-0.3, -0.25) is 19.3 Å². The van der Waals surface area contributed by atoms with Crippen LogP contribution in [-0.2, 0) is 20.8 Å². The molecule has 1 aliphatic heterocycles. The first kappa shape index (κ1) is 26.5. The number of aliphatic hydroxyl groups is 1. The maximum absolute atomic E-state index is 13.4. The molecule has 1 aliphatic rings. The molecule has 1 heterocycles. The van der Waals surface area contributed by atoms with Crippen molar-refractivity contribution in [1.29, 1.82) is 0 Å². The van der Waals surface area contributed by atoms with Crippen molar-refractivity contribution in [2.75, 3.05) is 18.6 Å². The summed E-state index contributed by atoms with van der Waals surface area (Å²) in [5.74, 6) is -1.42. The van der Waals surface area contributed by atoms with Gasteiger partial charge in [-0.1, -0.05) is 38.1 Å². The molecule has 8 nitrogen and oxygen atoms in total. The number of hydrogen-bond acceptors (Lipinski definition) is 6. The van der Waals surface area contributed by atoms with Crippen molar-refractivity contribution in [2.24, 2.45) is 5.92 Å². The quantitative estimate of drug-likeness (QED) is 0.235. The van der Waals surface area contributed by atoms with E-state index in [0.717, 1.165) is 0 Å². The molecular formula is C30H29NO7. The first-order chi connectivity index (χ1) is 18.2. The number of ether oxygens (including phenoxy) is 2. The molecule has 1 unspecified atom stereocenters. The van der Waals surface area contributed by atoms with Crippen molar-refractivity contribution in [2.45, 2.75) is 26.3 Å². The fraction of sp³-hybridized carbons (Fsp3) is 0.233. The van der Waals surface area contributed by atoms with Crippen LogP contribution in [0.25, 0.3) is 5.76 Å². The van der Waals surface area contributed by atoms with Crippen LogP contribution in [0.2, 0.25) is 0 Å². The highest BCUT2D eigenvalue weighted by Gasteiger charge is 2.47. The van der Waals surface area contributed by atoms with Gasteiger partial charge in [0, 0.05) is 11.3 Å². The van der Waals surface area contributed by atoms with Crippen molar-refractivity contribution < 1.29 is 34.1 Å². The van der Waals surface area contributed by atoms with Crippen molar-refractivity contribution in [3.05, 3.63) is 95.1 Å². The van der Waals surface area contributed by atoms with Crippen molar-refractivity contribution in [3.63, 3.8) is 0 Å². The van der Waals surface area contributed by atoms with Crippen LogP contribution in [-0.4, -0.2) is 41.6 Å². The summed E-state index contributed by atoms with van der Waals surface area (Å²) in [7, 11) is 1.51. The molecular weight excluding hydrogens is 486 g/mol. The minimum atomic E-state index is -0.977. The van der Waals surface area contributed by atoms with Crippen LogP contribution in [0.4, 0.5) is 5.69 Å². The van der Waals surface area contributed by atoms with Crippen molar-refractivity contribution in [3.8, 4) is 11.5 Å². The summed E-state index contributed by atoms with van der Waals surface area (Å²) in [4.78, 5) is 39.1. The molecule has 1 fully saturated rings. The Labute approximate surface area is 220 Å². The van der Waals surface area contributed by atoms with E-state index in [1.54, 1.807) is 72.8 Å². The van der Waals surface area contributed by atoms with E-state index in [9.17, 15) is 19.5 Å². The van der Waals surface area contributed by atoms with Crippen LogP contribution < -0.4 is 14.4 Å². The lowest BCUT2D eigenvalue weighted by atomic mass is 9.95. The number of aliphatic hydroxyl groups excluding tert-OH is 1. The number of anilines is 1. The highest BCUT2D eigenvalue weighted by Crippen LogP contribution is 2.43. The first-order valence-corrected chi connectivity index (χ1v) is 12.2. The summed E-state index contributed by atoms with van der Waals surface area (Å²) in [6.45, 7) is 4.62. The van der Waals surface area contributed by atoms with Crippen LogP contribution in [0.1, 0.15) is 36.6 Å². The molecule has 0 aliphatic carbocycles. The Hall–Kier alpha value is -4.59. The summed E-state index contributed by atoms with van der Waals surface area (Å²) >= 11 is 0. The molecule has 0 spiro atoms. The molecule has 0 radical (unpaired) electrons. The SMILES string of the molecule is COc1cccc(C2/C(=C(/O)c3ccc(OCC(C)C)cc3)C(=O)C(=O)N2c2ccc(CC(=O)O)cc2)c1. The summed E-state index contributed by atoms with van der Waals surface area (Å²) < 4.78 is 11.1. The number of carboxylic acid groups (broad SMARTS) is 1. The van der Waals surface area contributed by atoms with Crippen molar-refractivity contribution >= 4 is 29.1 Å². The largest absolute Gasteiger partial charge is 0.507 e. The molecule has 1 saturated heterocycles. The molecule has 4 rings (SSSR count). The highest BCUT2D eigenvalue weighted by molar-refractivity contribution is 6.51. The fourth-order valence-corrected chi connectivity index (χ4v) is 4.30. The zero-order chi connectivity index (χ0) is 27.4. The van der Waals surface area contributed by atoms with Crippen LogP contribution in [0.3, 0.4) is 0 Å². The van der Waals surface area contributed by atoms with E-state index in [-0.39, 0.29) is 17.8 Å². The third kappa shape index (κ3) is 5.54. The molecule has 8 heteroatoms. The van der Waals surface area contributed by atoms with Gasteiger partial charge in [-0.15, -0.1) is 0 Å². The Morgan fingerprint density at radius 3 is 2.24 bits per heavy atom. The second kappa shape index (κ2) is 11.2. The van der Waals surface area contributed by atoms with Crippen LogP contribution >= 0.6 is 0 Å². The van der Waals surface area contributed by atoms with E-state index in [0.29, 0.717) is 46.4 Å². The molecule has 0 bridgehead atoms. The number of benzene rings is 3. The smallest absolute Gasteiger partial charge is 0.307 e. The molecule has 3 aromatic rings. The van der Waals surface area contributed by atoms with Gasteiger partial charge in [0.15, 0.2) is 0 Å². The number of aliphatic carboxylic acids is 1. The van der Waals surface area contributed by atoms with Crippen LogP contribution in [0, 0.1) is 5.92 Å². The van der Waals surface area contributed by atoms with E-state index in [1.165, 1.54) is 12.0 Å². The molecule has 196 valence electrons. The fourth-order valence-electron chi connectivity index (χ4n) is 4.30. The number of rotatable bonds is 9. The van der Waals surface area contributed by atoms with Gasteiger partial charge < -0.3 is 19.7 Å². The third-order valence-corrected chi connectivity index (χ3v) is 6.13. The van der Waals surface area contributed by atoms with Crippen LogP contribution in [0.5, 0.6) is 11.5 Å². The Morgan fingerprint density at radius 2 is 1.63 bits per heavy atom. The number of amides is 1. The first-order valence-electron chi connectivity index (χ1n) is 12.2. The molecule has 1 amide bonds. The van der Waals surface area contributed by atoms with Gasteiger partial charge >= 0.3 is 5.97 Å². The Kier molecular flexibility index (Phi) is 7.81. The molecule has 38 heavy (non-hydrogen) atoms. The monoisotopic (exact) mass is 515 g/mol. The predicted octanol–water partition coefficient (Wildman–Crippen LogP) is 4.98. The minimum Gasteiger partial charge on any atom is -0.507 e. The lowest BCUT2D eigenvalue weighted by Gasteiger charge is -2.26. The van der Waals surface area contributed by atoms with Gasteiger partial charge in [-0.05, 0) is 65.6 Å². The number of nitrogens with zero attached hydrogens (tertiary/aromatic N) is 1. The molecule has 2 N–H and O–H groups in total. The Bertz CT molecular complexity index is 1370. The minimum absolute atomic E-state index is 0.0614. The third-order valence-electron chi connectivity index (χ3n) is 6.13. The number of carbonyl (C=O) groups is 3. The van der Waals surface area contributed by atoms with Crippen molar-refractivity contribution in [1.82, 2.24) is 0 Å². The number of methoxy groups -OCH3 is 1. The topological polar surface area (TPSA) is 113 Å². The summed E-state index contributed by atoms with van der Waals surface area (Å²) in [5.41, 5.74) is 1.82. The molecule has 3 aromatic carbocycles. The predicted molar refractivity (Wildman–Crippen MR) is 142 cm³/mol.